The summed E-state index contributed by atoms with van der Waals surface area (Å²) >= 11 is 0. The first-order valence-electron chi connectivity index (χ1n) is 3.51. The SMILES string of the molecule is [NH3+][C@@H](C(=O)[O-])c1cc(F)ccc1F. The lowest BCUT2D eigenvalue weighted by Gasteiger charge is -2.10. The standard InChI is InChI=1S/C8H7F2NO2/c9-4-1-2-6(10)5(3-4)7(11)8(12)13/h1-3,7H,11H2,(H,12,13)/t7-/m1/s1. The number of benzene rings is 1. The Morgan fingerprint density at radius 2 is 2.08 bits per heavy atom. The Bertz CT molecular complexity index is 341. The van der Waals surface area contributed by atoms with Crippen LogP contribution in [-0.2, 0) is 4.79 Å². The number of rotatable bonds is 2. The van der Waals surface area contributed by atoms with Gasteiger partial charge >= 0.3 is 0 Å². The molecule has 1 aromatic carbocycles. The van der Waals surface area contributed by atoms with Gasteiger partial charge < -0.3 is 15.6 Å². The van der Waals surface area contributed by atoms with Crippen molar-refractivity contribution in [2.24, 2.45) is 0 Å². The Morgan fingerprint density at radius 3 is 2.62 bits per heavy atom. The van der Waals surface area contributed by atoms with Gasteiger partial charge in [0.25, 0.3) is 0 Å². The van der Waals surface area contributed by atoms with Gasteiger partial charge in [-0.05, 0) is 18.2 Å². The van der Waals surface area contributed by atoms with E-state index in [1.165, 1.54) is 0 Å². The van der Waals surface area contributed by atoms with Crippen LogP contribution >= 0.6 is 0 Å². The van der Waals surface area contributed by atoms with E-state index >= 15 is 0 Å². The fraction of sp³-hybridized carbons (Fsp3) is 0.125. The maximum atomic E-state index is 12.9. The summed E-state index contributed by atoms with van der Waals surface area (Å²) in [5.41, 5.74) is 2.84. The molecule has 0 bridgehead atoms. The van der Waals surface area contributed by atoms with E-state index in [0.717, 1.165) is 18.2 Å². The zero-order valence-electron chi connectivity index (χ0n) is 6.59. The lowest BCUT2D eigenvalue weighted by Crippen LogP contribution is -2.61. The molecule has 0 aromatic heterocycles. The summed E-state index contributed by atoms with van der Waals surface area (Å²) in [6, 6.07) is 1.16. The van der Waals surface area contributed by atoms with Crippen LogP contribution in [0.1, 0.15) is 11.6 Å². The molecule has 0 heterocycles. The average Bonchev–Trinajstić information content (AvgIpc) is 2.08. The van der Waals surface area contributed by atoms with Gasteiger partial charge in [0.15, 0.2) is 6.04 Å². The molecule has 0 unspecified atom stereocenters. The number of carboxylic acids is 1. The maximum absolute atomic E-state index is 12.9. The van der Waals surface area contributed by atoms with Crippen LogP contribution in [0, 0.1) is 11.6 Å². The van der Waals surface area contributed by atoms with Crippen LogP contribution in [0.5, 0.6) is 0 Å². The summed E-state index contributed by atoms with van der Waals surface area (Å²) in [6.07, 6.45) is 0. The number of carbonyl (C=O) groups excluding carboxylic acids is 1. The zero-order valence-corrected chi connectivity index (χ0v) is 6.59. The average molecular weight is 187 g/mol. The molecule has 1 atom stereocenters. The fourth-order valence-corrected chi connectivity index (χ4v) is 0.909. The second-order valence-corrected chi connectivity index (χ2v) is 2.54. The Labute approximate surface area is 72.8 Å². The molecule has 1 rings (SSSR count). The molecule has 0 fully saturated rings. The van der Waals surface area contributed by atoms with Gasteiger partial charge in [0.2, 0.25) is 0 Å². The molecule has 13 heavy (non-hydrogen) atoms. The van der Waals surface area contributed by atoms with Gasteiger partial charge in [-0.25, -0.2) is 8.78 Å². The van der Waals surface area contributed by atoms with Crippen molar-refractivity contribution in [2.75, 3.05) is 0 Å². The van der Waals surface area contributed by atoms with Crippen molar-refractivity contribution in [3.63, 3.8) is 0 Å². The quantitative estimate of drug-likeness (QED) is 0.645. The zero-order chi connectivity index (χ0) is 10.0. The normalized spacial score (nSPS) is 12.5. The van der Waals surface area contributed by atoms with E-state index in [2.05, 4.69) is 5.73 Å². The number of quaternary nitrogens is 1. The first-order valence-corrected chi connectivity index (χ1v) is 3.51. The maximum Gasteiger partial charge on any atom is 0.153 e. The van der Waals surface area contributed by atoms with Crippen LogP contribution in [0.15, 0.2) is 18.2 Å². The molecule has 0 spiro atoms. The molecule has 0 saturated heterocycles. The number of hydrogen-bond donors (Lipinski definition) is 1. The van der Waals surface area contributed by atoms with Crippen molar-refractivity contribution in [3.05, 3.63) is 35.4 Å². The first-order chi connectivity index (χ1) is 6.02. The number of aliphatic carboxylic acids is 1. The van der Waals surface area contributed by atoms with Gasteiger partial charge in [0, 0.05) is 0 Å². The molecule has 1 aromatic rings. The lowest BCUT2D eigenvalue weighted by atomic mass is 10.1. The van der Waals surface area contributed by atoms with E-state index < -0.39 is 23.6 Å². The second-order valence-electron chi connectivity index (χ2n) is 2.54. The number of halogens is 2. The van der Waals surface area contributed by atoms with Crippen LogP contribution < -0.4 is 10.8 Å². The number of carboxylic acid groups (broad SMARTS) is 1. The summed E-state index contributed by atoms with van der Waals surface area (Å²) in [6.45, 7) is 0. The molecule has 0 aliphatic heterocycles. The minimum atomic E-state index is -1.54. The molecule has 0 aliphatic rings. The van der Waals surface area contributed by atoms with Crippen molar-refractivity contribution in [2.45, 2.75) is 6.04 Å². The van der Waals surface area contributed by atoms with Crippen molar-refractivity contribution < 1.29 is 24.4 Å². The smallest absolute Gasteiger partial charge is 0.153 e. The van der Waals surface area contributed by atoms with Crippen LogP contribution in [0.25, 0.3) is 0 Å². The van der Waals surface area contributed by atoms with E-state index in [1.807, 2.05) is 0 Å². The monoisotopic (exact) mass is 187 g/mol. The van der Waals surface area contributed by atoms with Crippen LogP contribution in [0.3, 0.4) is 0 Å². The number of hydrogen-bond acceptors (Lipinski definition) is 2. The van der Waals surface area contributed by atoms with E-state index in [1.54, 1.807) is 0 Å². The van der Waals surface area contributed by atoms with Gasteiger partial charge in [-0.3, -0.25) is 0 Å². The topological polar surface area (TPSA) is 67.8 Å². The Hall–Kier alpha value is -1.49. The Balaban J connectivity index is 3.12. The fourth-order valence-electron chi connectivity index (χ4n) is 0.909. The minimum absolute atomic E-state index is 0.306. The van der Waals surface area contributed by atoms with Gasteiger partial charge in [-0.2, -0.15) is 0 Å². The van der Waals surface area contributed by atoms with Crippen molar-refractivity contribution in [1.29, 1.82) is 0 Å². The molecule has 0 radical (unpaired) electrons. The predicted octanol–water partition coefficient (Wildman–Crippen LogP) is -1.00. The molecule has 3 nitrogen and oxygen atoms in total. The summed E-state index contributed by atoms with van der Waals surface area (Å²) in [5.74, 6) is -3.04. The van der Waals surface area contributed by atoms with Gasteiger partial charge in [0.1, 0.15) is 17.6 Å². The van der Waals surface area contributed by atoms with E-state index in [9.17, 15) is 18.7 Å². The highest BCUT2D eigenvalue weighted by Crippen LogP contribution is 2.14. The summed E-state index contributed by atoms with van der Waals surface area (Å²) in [5, 5.41) is 10.3. The predicted molar refractivity (Wildman–Crippen MR) is 37.0 cm³/mol. The van der Waals surface area contributed by atoms with E-state index in [-0.39, 0.29) is 5.56 Å². The minimum Gasteiger partial charge on any atom is -0.544 e. The van der Waals surface area contributed by atoms with E-state index in [4.69, 9.17) is 0 Å². The van der Waals surface area contributed by atoms with Crippen molar-refractivity contribution in [3.8, 4) is 0 Å². The number of carbonyl (C=O) groups is 1. The molecule has 3 N–H and O–H groups in total. The molecule has 0 amide bonds. The summed E-state index contributed by atoms with van der Waals surface area (Å²) in [4.78, 5) is 10.3. The molecular formula is C8H7F2NO2. The highest BCUT2D eigenvalue weighted by atomic mass is 19.1. The second kappa shape index (κ2) is 3.49. The summed E-state index contributed by atoms with van der Waals surface area (Å²) in [7, 11) is 0. The van der Waals surface area contributed by atoms with Crippen LogP contribution in [0.4, 0.5) is 8.78 Å². The molecule has 5 heteroatoms. The molecule has 70 valence electrons. The van der Waals surface area contributed by atoms with Crippen molar-refractivity contribution in [1.82, 2.24) is 0 Å². The van der Waals surface area contributed by atoms with Crippen molar-refractivity contribution >= 4 is 5.97 Å². The van der Waals surface area contributed by atoms with Gasteiger partial charge in [-0.1, -0.05) is 0 Å². The van der Waals surface area contributed by atoms with Crippen LogP contribution in [0.2, 0.25) is 0 Å². The van der Waals surface area contributed by atoms with Gasteiger partial charge in [0.05, 0.1) is 5.56 Å². The lowest BCUT2D eigenvalue weighted by molar-refractivity contribution is -0.443. The summed E-state index contributed by atoms with van der Waals surface area (Å²) < 4.78 is 25.4. The van der Waals surface area contributed by atoms with Crippen LogP contribution in [-0.4, -0.2) is 5.97 Å². The highest BCUT2D eigenvalue weighted by Gasteiger charge is 2.16. The third-order valence-electron chi connectivity index (χ3n) is 1.62. The third kappa shape index (κ3) is 2.00. The molecule has 0 aliphatic carbocycles. The third-order valence-corrected chi connectivity index (χ3v) is 1.62. The molecular weight excluding hydrogens is 180 g/mol. The van der Waals surface area contributed by atoms with Gasteiger partial charge in [-0.15, -0.1) is 0 Å². The Kier molecular flexibility index (Phi) is 2.57. The largest absolute Gasteiger partial charge is 0.544 e. The van der Waals surface area contributed by atoms with E-state index in [0.29, 0.717) is 0 Å². The highest BCUT2D eigenvalue weighted by molar-refractivity contribution is 5.71. The Morgan fingerprint density at radius 1 is 1.46 bits per heavy atom. The first kappa shape index (κ1) is 9.60. The molecule has 0 saturated carbocycles.